The first-order chi connectivity index (χ1) is 9.04. The maximum atomic E-state index is 12.8. The highest BCUT2D eigenvalue weighted by atomic mass is 35.5. The Labute approximate surface area is 114 Å². The minimum Gasteiger partial charge on any atom is -0.324 e. The van der Waals surface area contributed by atoms with Crippen molar-refractivity contribution in [3.8, 4) is 0 Å². The van der Waals surface area contributed by atoms with Crippen molar-refractivity contribution in [2.24, 2.45) is 0 Å². The summed E-state index contributed by atoms with van der Waals surface area (Å²) in [4.78, 5) is 11.7. The molecule has 0 saturated carbocycles. The molecule has 2 aromatic carbocycles. The largest absolute Gasteiger partial charge is 0.324 e. The topological polar surface area (TPSA) is 29.1 Å². The van der Waals surface area contributed by atoms with Gasteiger partial charge in [-0.15, -0.1) is 0 Å². The van der Waals surface area contributed by atoms with Gasteiger partial charge >= 0.3 is 0 Å². The van der Waals surface area contributed by atoms with E-state index in [-0.39, 0.29) is 23.2 Å². The molecule has 98 valence electrons. The summed E-state index contributed by atoms with van der Waals surface area (Å²) < 4.78 is 25.5. The normalized spacial score (nSPS) is 10.3. The number of carbonyl (C=O) groups is 1. The van der Waals surface area contributed by atoms with Crippen LogP contribution in [0.15, 0.2) is 42.5 Å². The number of anilines is 1. The minimum atomic E-state index is -0.471. The predicted octanol–water partition coefficient (Wildman–Crippen LogP) is 3.80. The van der Waals surface area contributed by atoms with Gasteiger partial charge in [0.25, 0.3) is 0 Å². The van der Waals surface area contributed by atoms with Crippen LogP contribution in [0.25, 0.3) is 0 Å². The van der Waals surface area contributed by atoms with E-state index in [1.807, 2.05) is 0 Å². The molecule has 0 unspecified atom stereocenters. The van der Waals surface area contributed by atoms with Crippen molar-refractivity contribution < 1.29 is 13.6 Å². The molecule has 0 spiro atoms. The monoisotopic (exact) mass is 281 g/mol. The average Bonchev–Trinajstić information content (AvgIpc) is 2.36. The molecule has 0 aliphatic rings. The zero-order valence-electron chi connectivity index (χ0n) is 9.79. The van der Waals surface area contributed by atoms with E-state index in [1.165, 1.54) is 36.4 Å². The van der Waals surface area contributed by atoms with E-state index in [9.17, 15) is 13.6 Å². The zero-order chi connectivity index (χ0) is 13.8. The summed E-state index contributed by atoms with van der Waals surface area (Å²) >= 11 is 5.79. The summed E-state index contributed by atoms with van der Waals surface area (Å²) in [5, 5.41) is 2.70. The summed E-state index contributed by atoms with van der Waals surface area (Å²) in [5.74, 6) is -1.13. The number of hydrogen-bond acceptors (Lipinski definition) is 1. The van der Waals surface area contributed by atoms with E-state index in [4.69, 9.17) is 11.6 Å². The smallest absolute Gasteiger partial charge is 0.228 e. The van der Waals surface area contributed by atoms with Crippen LogP contribution in [0.2, 0.25) is 5.02 Å². The molecule has 0 heterocycles. The van der Waals surface area contributed by atoms with Crippen molar-refractivity contribution in [2.45, 2.75) is 6.42 Å². The van der Waals surface area contributed by atoms with Gasteiger partial charge in [0, 0.05) is 0 Å². The molecule has 0 aliphatic carbocycles. The van der Waals surface area contributed by atoms with Crippen LogP contribution in [0.5, 0.6) is 0 Å². The molecule has 0 bridgehead atoms. The van der Waals surface area contributed by atoms with Gasteiger partial charge in [0.1, 0.15) is 11.6 Å². The SMILES string of the molecule is O=C(Cc1ccc(F)cc1)Nc1ccc(F)cc1Cl. The summed E-state index contributed by atoms with van der Waals surface area (Å²) in [5.41, 5.74) is 1.02. The molecule has 1 N–H and O–H groups in total. The van der Waals surface area contributed by atoms with Gasteiger partial charge in [0.05, 0.1) is 17.1 Å². The molecule has 0 radical (unpaired) electrons. The Balaban J connectivity index is 2.03. The predicted molar refractivity (Wildman–Crippen MR) is 70.1 cm³/mol. The van der Waals surface area contributed by atoms with E-state index in [0.29, 0.717) is 11.3 Å². The first-order valence-corrected chi connectivity index (χ1v) is 5.92. The fraction of sp³-hybridized carbons (Fsp3) is 0.0714. The van der Waals surface area contributed by atoms with Gasteiger partial charge in [0.15, 0.2) is 0 Å². The Morgan fingerprint density at radius 3 is 2.32 bits per heavy atom. The van der Waals surface area contributed by atoms with Crippen molar-refractivity contribution in [2.75, 3.05) is 5.32 Å². The fourth-order valence-corrected chi connectivity index (χ4v) is 1.79. The third-order valence-electron chi connectivity index (χ3n) is 2.48. The Hall–Kier alpha value is -1.94. The molecule has 1 amide bonds. The molecular weight excluding hydrogens is 272 g/mol. The van der Waals surface area contributed by atoms with Crippen LogP contribution >= 0.6 is 11.6 Å². The Bertz CT molecular complexity index is 599. The van der Waals surface area contributed by atoms with Crippen molar-refractivity contribution in [3.05, 3.63) is 64.7 Å². The van der Waals surface area contributed by atoms with Gasteiger partial charge < -0.3 is 5.32 Å². The summed E-state index contributed by atoms with van der Waals surface area (Å²) in [7, 11) is 0. The molecule has 5 heteroatoms. The third-order valence-corrected chi connectivity index (χ3v) is 2.80. The van der Waals surface area contributed by atoms with Crippen molar-refractivity contribution >= 4 is 23.2 Å². The van der Waals surface area contributed by atoms with Crippen molar-refractivity contribution in [3.63, 3.8) is 0 Å². The molecular formula is C14H10ClF2NO. The van der Waals surface area contributed by atoms with E-state index < -0.39 is 5.82 Å². The number of amides is 1. The number of carbonyl (C=O) groups excluding carboxylic acids is 1. The lowest BCUT2D eigenvalue weighted by Crippen LogP contribution is -2.14. The molecule has 0 fully saturated rings. The number of rotatable bonds is 3. The molecule has 0 aromatic heterocycles. The standard InChI is InChI=1S/C14H10ClF2NO/c15-12-8-11(17)5-6-13(12)18-14(19)7-9-1-3-10(16)4-2-9/h1-6,8H,7H2,(H,18,19). The second-order valence-corrected chi connectivity index (χ2v) is 4.38. The molecule has 0 atom stereocenters. The van der Waals surface area contributed by atoms with Crippen LogP contribution in [-0.2, 0) is 11.2 Å². The molecule has 0 aliphatic heterocycles. The second kappa shape index (κ2) is 5.80. The zero-order valence-corrected chi connectivity index (χ0v) is 10.5. The van der Waals surface area contributed by atoms with Gasteiger partial charge in [0.2, 0.25) is 5.91 Å². The number of nitrogens with one attached hydrogen (secondary N) is 1. The lowest BCUT2D eigenvalue weighted by Gasteiger charge is -2.07. The van der Waals surface area contributed by atoms with E-state index in [2.05, 4.69) is 5.32 Å². The molecule has 0 saturated heterocycles. The summed E-state index contributed by atoms with van der Waals surface area (Å²) in [6.45, 7) is 0. The van der Waals surface area contributed by atoms with E-state index in [0.717, 1.165) is 6.07 Å². The Morgan fingerprint density at radius 1 is 1.05 bits per heavy atom. The lowest BCUT2D eigenvalue weighted by atomic mass is 10.1. The molecule has 2 rings (SSSR count). The minimum absolute atomic E-state index is 0.0913. The van der Waals surface area contributed by atoms with Crippen LogP contribution in [0.1, 0.15) is 5.56 Å². The van der Waals surface area contributed by atoms with Gasteiger partial charge in [-0.3, -0.25) is 4.79 Å². The maximum absolute atomic E-state index is 12.8. The second-order valence-electron chi connectivity index (χ2n) is 3.98. The van der Waals surface area contributed by atoms with Crippen LogP contribution in [0, 0.1) is 11.6 Å². The number of halogens is 3. The maximum Gasteiger partial charge on any atom is 0.228 e. The van der Waals surface area contributed by atoms with Crippen LogP contribution in [0.3, 0.4) is 0 Å². The highest BCUT2D eigenvalue weighted by Gasteiger charge is 2.07. The molecule has 19 heavy (non-hydrogen) atoms. The number of hydrogen-bond donors (Lipinski definition) is 1. The van der Waals surface area contributed by atoms with Gasteiger partial charge in [-0.25, -0.2) is 8.78 Å². The van der Waals surface area contributed by atoms with Gasteiger partial charge in [-0.2, -0.15) is 0 Å². The Morgan fingerprint density at radius 2 is 1.68 bits per heavy atom. The van der Waals surface area contributed by atoms with Crippen LogP contribution < -0.4 is 5.32 Å². The molecule has 2 nitrogen and oxygen atoms in total. The van der Waals surface area contributed by atoms with Crippen LogP contribution in [-0.4, -0.2) is 5.91 Å². The first-order valence-electron chi connectivity index (χ1n) is 5.54. The molecule has 2 aromatic rings. The number of benzene rings is 2. The quantitative estimate of drug-likeness (QED) is 0.911. The fourth-order valence-electron chi connectivity index (χ4n) is 1.57. The van der Waals surface area contributed by atoms with Gasteiger partial charge in [-0.05, 0) is 35.9 Å². The highest BCUT2D eigenvalue weighted by molar-refractivity contribution is 6.33. The van der Waals surface area contributed by atoms with E-state index >= 15 is 0 Å². The lowest BCUT2D eigenvalue weighted by molar-refractivity contribution is -0.115. The van der Waals surface area contributed by atoms with Crippen LogP contribution in [0.4, 0.5) is 14.5 Å². The highest BCUT2D eigenvalue weighted by Crippen LogP contribution is 2.22. The van der Waals surface area contributed by atoms with Crippen molar-refractivity contribution in [1.29, 1.82) is 0 Å². The average molecular weight is 282 g/mol. The van der Waals surface area contributed by atoms with Crippen molar-refractivity contribution in [1.82, 2.24) is 0 Å². The summed E-state index contributed by atoms with van der Waals surface area (Å²) in [6, 6.07) is 9.35. The summed E-state index contributed by atoms with van der Waals surface area (Å²) in [6.07, 6.45) is 0.0913. The first kappa shape index (κ1) is 13.5. The van der Waals surface area contributed by atoms with Gasteiger partial charge in [-0.1, -0.05) is 23.7 Å². The Kier molecular flexibility index (Phi) is 4.12. The van der Waals surface area contributed by atoms with E-state index in [1.54, 1.807) is 0 Å². The third kappa shape index (κ3) is 3.76.